The van der Waals surface area contributed by atoms with Crippen LogP contribution in [0.1, 0.15) is 33.6 Å². The van der Waals surface area contributed by atoms with Gasteiger partial charge in [-0.3, -0.25) is 14.8 Å². The van der Waals surface area contributed by atoms with E-state index in [2.05, 4.69) is 5.32 Å². The van der Waals surface area contributed by atoms with E-state index in [1.807, 2.05) is 20.8 Å². The number of carbonyl (C=O) groups is 2. The van der Waals surface area contributed by atoms with E-state index < -0.39 is 17.4 Å². The Hall–Kier alpha value is -1.14. The topological polar surface area (TPSA) is 104 Å². The molecular formula is C10H21N3O3. The van der Waals surface area contributed by atoms with Crippen molar-refractivity contribution in [1.82, 2.24) is 10.8 Å². The van der Waals surface area contributed by atoms with Crippen LogP contribution in [-0.4, -0.2) is 29.6 Å². The van der Waals surface area contributed by atoms with E-state index in [-0.39, 0.29) is 5.91 Å². The van der Waals surface area contributed by atoms with Crippen LogP contribution in [0.3, 0.4) is 0 Å². The van der Waals surface area contributed by atoms with Crippen LogP contribution in [0.15, 0.2) is 0 Å². The highest BCUT2D eigenvalue weighted by molar-refractivity contribution is 5.81. The molecule has 16 heavy (non-hydrogen) atoms. The molecule has 0 spiro atoms. The summed E-state index contributed by atoms with van der Waals surface area (Å²) >= 11 is 0. The first-order chi connectivity index (χ1) is 7.29. The van der Waals surface area contributed by atoms with Crippen LogP contribution < -0.4 is 16.5 Å². The lowest BCUT2D eigenvalue weighted by Gasteiger charge is -2.17. The maximum atomic E-state index is 11.4. The molecule has 0 saturated carbocycles. The van der Waals surface area contributed by atoms with E-state index in [1.165, 1.54) is 5.48 Å². The SMILES string of the molecule is CC(C)(C)C(=O)NCCC[C@H](N)C(=O)NO. The molecule has 0 aromatic carbocycles. The van der Waals surface area contributed by atoms with Gasteiger partial charge in [0.1, 0.15) is 0 Å². The normalized spacial score (nSPS) is 13.1. The van der Waals surface area contributed by atoms with Crippen molar-refractivity contribution >= 4 is 11.8 Å². The number of rotatable bonds is 5. The first-order valence-corrected chi connectivity index (χ1v) is 5.27. The maximum absolute atomic E-state index is 11.4. The van der Waals surface area contributed by atoms with Gasteiger partial charge in [-0.2, -0.15) is 0 Å². The highest BCUT2D eigenvalue weighted by atomic mass is 16.5. The molecule has 0 bridgehead atoms. The van der Waals surface area contributed by atoms with Gasteiger partial charge in [-0.1, -0.05) is 20.8 Å². The highest BCUT2D eigenvalue weighted by Crippen LogP contribution is 2.12. The first kappa shape index (κ1) is 14.9. The third kappa shape index (κ3) is 5.67. The Labute approximate surface area is 95.5 Å². The van der Waals surface area contributed by atoms with Gasteiger partial charge in [0, 0.05) is 12.0 Å². The number of hydrogen-bond acceptors (Lipinski definition) is 4. The lowest BCUT2D eigenvalue weighted by atomic mass is 9.95. The lowest BCUT2D eigenvalue weighted by Crippen LogP contribution is -2.40. The Kier molecular flexibility index (Phi) is 5.98. The van der Waals surface area contributed by atoms with Crippen LogP contribution in [0.25, 0.3) is 0 Å². The molecule has 0 rings (SSSR count). The van der Waals surface area contributed by atoms with Crippen LogP contribution in [0.5, 0.6) is 0 Å². The molecule has 0 saturated heterocycles. The monoisotopic (exact) mass is 231 g/mol. The minimum atomic E-state index is -0.739. The zero-order valence-electron chi connectivity index (χ0n) is 10.0. The number of amides is 2. The summed E-state index contributed by atoms with van der Waals surface area (Å²) in [7, 11) is 0. The fourth-order valence-electron chi connectivity index (χ4n) is 1.00. The summed E-state index contributed by atoms with van der Waals surface area (Å²) in [6.07, 6.45) is 1.01. The van der Waals surface area contributed by atoms with E-state index in [4.69, 9.17) is 10.9 Å². The van der Waals surface area contributed by atoms with E-state index in [9.17, 15) is 9.59 Å². The van der Waals surface area contributed by atoms with Crippen LogP contribution in [-0.2, 0) is 9.59 Å². The van der Waals surface area contributed by atoms with Crippen molar-refractivity contribution in [3.05, 3.63) is 0 Å². The van der Waals surface area contributed by atoms with Crippen molar-refractivity contribution in [2.45, 2.75) is 39.7 Å². The van der Waals surface area contributed by atoms with Gasteiger partial charge in [0.2, 0.25) is 5.91 Å². The largest absolute Gasteiger partial charge is 0.356 e. The van der Waals surface area contributed by atoms with Crippen LogP contribution >= 0.6 is 0 Å². The van der Waals surface area contributed by atoms with Gasteiger partial charge < -0.3 is 11.1 Å². The Morgan fingerprint density at radius 2 is 1.94 bits per heavy atom. The Morgan fingerprint density at radius 3 is 2.38 bits per heavy atom. The van der Waals surface area contributed by atoms with E-state index in [0.717, 1.165) is 0 Å². The zero-order valence-corrected chi connectivity index (χ0v) is 10.0. The van der Waals surface area contributed by atoms with E-state index >= 15 is 0 Å². The maximum Gasteiger partial charge on any atom is 0.260 e. The predicted octanol–water partition coefficient (Wildman–Crippen LogP) is -0.238. The molecule has 0 radical (unpaired) electrons. The molecule has 0 heterocycles. The molecule has 0 aromatic heterocycles. The molecule has 0 aliphatic rings. The second kappa shape index (κ2) is 6.44. The molecule has 2 amide bonds. The Balaban J connectivity index is 3.69. The smallest absolute Gasteiger partial charge is 0.260 e. The van der Waals surface area contributed by atoms with Crippen LogP contribution in [0.4, 0.5) is 0 Å². The number of nitrogens with two attached hydrogens (primary N) is 1. The fourth-order valence-corrected chi connectivity index (χ4v) is 1.00. The quantitative estimate of drug-likeness (QED) is 0.298. The van der Waals surface area contributed by atoms with Gasteiger partial charge in [-0.05, 0) is 12.8 Å². The summed E-state index contributed by atoms with van der Waals surface area (Å²) in [6, 6.07) is -0.739. The second-order valence-electron chi connectivity index (χ2n) is 4.73. The summed E-state index contributed by atoms with van der Waals surface area (Å²) in [6.45, 7) is 5.95. The number of nitrogens with one attached hydrogen (secondary N) is 2. The zero-order chi connectivity index (χ0) is 12.8. The van der Waals surface area contributed by atoms with Gasteiger partial charge >= 0.3 is 0 Å². The molecular weight excluding hydrogens is 210 g/mol. The van der Waals surface area contributed by atoms with Crippen molar-refractivity contribution in [3.8, 4) is 0 Å². The molecule has 94 valence electrons. The van der Waals surface area contributed by atoms with Gasteiger partial charge in [0.25, 0.3) is 5.91 Å². The highest BCUT2D eigenvalue weighted by Gasteiger charge is 2.20. The predicted molar refractivity (Wildman–Crippen MR) is 59.6 cm³/mol. The third-order valence-corrected chi connectivity index (χ3v) is 2.11. The summed E-state index contributed by atoms with van der Waals surface area (Å²) in [5.41, 5.74) is 6.52. The van der Waals surface area contributed by atoms with Crippen LogP contribution in [0, 0.1) is 5.41 Å². The molecule has 0 aliphatic carbocycles. The molecule has 6 heteroatoms. The van der Waals surface area contributed by atoms with E-state index in [0.29, 0.717) is 19.4 Å². The van der Waals surface area contributed by atoms with Crippen molar-refractivity contribution in [3.63, 3.8) is 0 Å². The number of carbonyl (C=O) groups excluding carboxylic acids is 2. The fraction of sp³-hybridized carbons (Fsp3) is 0.800. The minimum Gasteiger partial charge on any atom is -0.356 e. The molecule has 0 unspecified atom stereocenters. The molecule has 6 nitrogen and oxygen atoms in total. The van der Waals surface area contributed by atoms with Gasteiger partial charge in [-0.15, -0.1) is 0 Å². The number of hydrogen-bond donors (Lipinski definition) is 4. The van der Waals surface area contributed by atoms with Crippen molar-refractivity contribution in [2.24, 2.45) is 11.1 Å². The van der Waals surface area contributed by atoms with Crippen LogP contribution in [0.2, 0.25) is 0 Å². The van der Waals surface area contributed by atoms with E-state index in [1.54, 1.807) is 0 Å². The summed E-state index contributed by atoms with van der Waals surface area (Å²) in [5.74, 6) is -0.644. The molecule has 5 N–H and O–H groups in total. The average Bonchev–Trinajstić information content (AvgIpc) is 2.20. The Bertz CT molecular complexity index is 248. The molecule has 0 aliphatic heterocycles. The van der Waals surface area contributed by atoms with Gasteiger partial charge in [0.05, 0.1) is 6.04 Å². The average molecular weight is 231 g/mol. The summed E-state index contributed by atoms with van der Waals surface area (Å²) in [4.78, 5) is 22.3. The lowest BCUT2D eigenvalue weighted by molar-refractivity contribution is -0.130. The standard InChI is InChI=1S/C10H21N3O3/c1-10(2,3)9(15)12-6-4-5-7(11)8(14)13-16/h7,16H,4-6,11H2,1-3H3,(H,12,15)(H,13,14)/t7-/m0/s1. The second-order valence-corrected chi connectivity index (χ2v) is 4.73. The summed E-state index contributed by atoms with van der Waals surface area (Å²) < 4.78 is 0. The summed E-state index contributed by atoms with van der Waals surface area (Å²) in [5, 5.41) is 11.1. The van der Waals surface area contributed by atoms with Crippen molar-refractivity contribution in [2.75, 3.05) is 6.54 Å². The minimum absolute atomic E-state index is 0.0346. The Morgan fingerprint density at radius 1 is 1.38 bits per heavy atom. The third-order valence-electron chi connectivity index (χ3n) is 2.11. The first-order valence-electron chi connectivity index (χ1n) is 5.27. The van der Waals surface area contributed by atoms with Gasteiger partial charge in [0.15, 0.2) is 0 Å². The van der Waals surface area contributed by atoms with Gasteiger partial charge in [-0.25, -0.2) is 5.48 Å². The number of hydroxylamine groups is 1. The van der Waals surface area contributed by atoms with Crippen molar-refractivity contribution in [1.29, 1.82) is 0 Å². The molecule has 0 aromatic rings. The molecule has 0 fully saturated rings. The molecule has 1 atom stereocenters. The van der Waals surface area contributed by atoms with Crippen molar-refractivity contribution < 1.29 is 14.8 Å².